The normalized spacial score (nSPS) is 51.1. The Labute approximate surface area is 305 Å². The van der Waals surface area contributed by atoms with E-state index in [1.807, 2.05) is 0 Å². The van der Waals surface area contributed by atoms with Crippen molar-refractivity contribution in [3.8, 4) is 0 Å². The van der Waals surface area contributed by atoms with Crippen molar-refractivity contribution in [2.75, 3.05) is 26.2 Å². The number of carbonyl (C=O) groups is 2. The predicted octanol–water partition coefficient (Wildman–Crippen LogP) is 4.82. The third-order valence-corrected chi connectivity index (χ3v) is 17.2. The molecular formula is C41H66N2O8. The summed E-state index contributed by atoms with van der Waals surface area (Å²) in [6.45, 7) is 19.5. The zero-order chi connectivity index (χ0) is 36.5. The van der Waals surface area contributed by atoms with Gasteiger partial charge in [-0.1, -0.05) is 34.6 Å². The first-order valence-electron chi connectivity index (χ1n) is 20.4. The summed E-state index contributed by atoms with van der Waals surface area (Å²) in [5.74, 6) is 1.14. The highest BCUT2D eigenvalue weighted by molar-refractivity contribution is 5.82. The van der Waals surface area contributed by atoms with Crippen LogP contribution in [0.4, 0.5) is 0 Å². The topological polar surface area (TPSA) is 127 Å². The van der Waals surface area contributed by atoms with Gasteiger partial charge in [0.25, 0.3) is 0 Å². The second-order valence-electron chi connectivity index (χ2n) is 20.1. The van der Waals surface area contributed by atoms with Gasteiger partial charge in [-0.3, -0.25) is 14.5 Å². The number of hydrogen-bond acceptors (Lipinski definition) is 9. The minimum Gasteiger partial charge on any atom is -0.457 e. The van der Waals surface area contributed by atoms with Crippen molar-refractivity contribution < 1.29 is 38.7 Å². The van der Waals surface area contributed by atoms with E-state index in [2.05, 4.69) is 44.8 Å². The SMILES string of the molecule is CC(=O)O[C@@H]([C@H]1CC(C)C2[C@H](O1)[C@H](O)[C@@]1(C)[C@@H]3CC[C@H]4C(C)(C)[C@@H](O[C@H]5CN(C6CCCNC6=O)CCO5)CC[C@@]45C[C@@]35CC[C@]21C)C(C)(C)O. The number of carbonyl (C=O) groups excluding carboxylic acids is 2. The van der Waals surface area contributed by atoms with Gasteiger partial charge < -0.3 is 34.5 Å². The lowest BCUT2D eigenvalue weighted by molar-refractivity contribution is -0.251. The lowest BCUT2D eigenvalue weighted by Gasteiger charge is -2.64. The van der Waals surface area contributed by atoms with Crippen LogP contribution in [0.2, 0.25) is 0 Å². The molecular weight excluding hydrogens is 648 g/mol. The molecule has 5 saturated carbocycles. The van der Waals surface area contributed by atoms with Crippen LogP contribution in [0, 0.1) is 50.7 Å². The van der Waals surface area contributed by atoms with Gasteiger partial charge in [0.1, 0.15) is 0 Å². The van der Waals surface area contributed by atoms with Gasteiger partial charge in [0.2, 0.25) is 5.91 Å². The number of morpholine rings is 1. The van der Waals surface area contributed by atoms with Gasteiger partial charge in [0.05, 0.1) is 49.2 Å². The van der Waals surface area contributed by atoms with Crippen molar-refractivity contribution in [3.05, 3.63) is 0 Å². The summed E-state index contributed by atoms with van der Waals surface area (Å²) in [7, 11) is 0. The largest absolute Gasteiger partial charge is 0.457 e. The van der Waals surface area contributed by atoms with E-state index in [4.69, 9.17) is 18.9 Å². The average Bonchev–Trinajstić information content (AvgIpc) is 3.69. The first kappa shape index (κ1) is 36.7. The van der Waals surface area contributed by atoms with E-state index in [0.29, 0.717) is 31.4 Å². The molecule has 0 aromatic rings. The summed E-state index contributed by atoms with van der Waals surface area (Å²) in [6.07, 6.45) is 8.10. The lowest BCUT2D eigenvalue weighted by Crippen LogP contribution is -2.60. The van der Waals surface area contributed by atoms with Crippen molar-refractivity contribution in [2.24, 2.45) is 50.7 Å². The van der Waals surface area contributed by atoms with Crippen molar-refractivity contribution in [2.45, 2.75) is 168 Å². The number of hydrogen-bond donors (Lipinski definition) is 3. The van der Waals surface area contributed by atoms with Crippen LogP contribution in [-0.4, -0.2) is 102 Å². The van der Waals surface area contributed by atoms with Crippen LogP contribution >= 0.6 is 0 Å². The smallest absolute Gasteiger partial charge is 0.303 e. The maximum Gasteiger partial charge on any atom is 0.303 e. The number of rotatable bonds is 6. The van der Waals surface area contributed by atoms with Gasteiger partial charge in [-0.15, -0.1) is 0 Å². The molecule has 8 rings (SSSR count). The van der Waals surface area contributed by atoms with Crippen molar-refractivity contribution in [1.29, 1.82) is 0 Å². The molecule has 8 fully saturated rings. The molecule has 3 heterocycles. The van der Waals surface area contributed by atoms with Crippen LogP contribution in [-0.2, 0) is 28.5 Å². The molecule has 8 aliphatic rings. The third-order valence-electron chi connectivity index (χ3n) is 17.2. The molecule has 3 unspecified atom stereocenters. The second-order valence-corrected chi connectivity index (χ2v) is 20.1. The van der Waals surface area contributed by atoms with Gasteiger partial charge >= 0.3 is 5.97 Å². The average molecular weight is 715 g/mol. The molecule has 3 N–H and O–H groups in total. The highest BCUT2D eigenvalue weighted by Crippen LogP contribution is 2.89. The molecule has 5 aliphatic carbocycles. The van der Waals surface area contributed by atoms with Gasteiger partial charge in [0, 0.05) is 25.4 Å². The van der Waals surface area contributed by atoms with Crippen LogP contribution in [0.5, 0.6) is 0 Å². The molecule has 0 bridgehead atoms. The van der Waals surface area contributed by atoms with Gasteiger partial charge in [-0.25, -0.2) is 0 Å². The molecule has 0 radical (unpaired) electrons. The Morgan fingerprint density at radius 1 is 1.06 bits per heavy atom. The number of aliphatic hydroxyl groups excluding tert-OH is 1. The molecule has 10 heteroatoms. The molecule has 1 amide bonds. The van der Waals surface area contributed by atoms with E-state index in [1.54, 1.807) is 13.8 Å². The molecule has 0 aromatic carbocycles. The molecule has 3 aliphatic heterocycles. The molecule has 10 nitrogen and oxygen atoms in total. The molecule has 51 heavy (non-hydrogen) atoms. The van der Waals surface area contributed by atoms with Crippen molar-refractivity contribution in [3.63, 3.8) is 0 Å². The zero-order valence-electron chi connectivity index (χ0n) is 32.5. The van der Waals surface area contributed by atoms with E-state index in [1.165, 1.54) is 19.8 Å². The van der Waals surface area contributed by atoms with Crippen LogP contribution < -0.4 is 5.32 Å². The number of esters is 1. The third kappa shape index (κ3) is 5.14. The van der Waals surface area contributed by atoms with Crippen LogP contribution in [0.25, 0.3) is 0 Å². The summed E-state index contributed by atoms with van der Waals surface area (Å²) >= 11 is 0. The van der Waals surface area contributed by atoms with Crippen molar-refractivity contribution >= 4 is 11.9 Å². The summed E-state index contributed by atoms with van der Waals surface area (Å²) in [4.78, 5) is 27.1. The monoisotopic (exact) mass is 714 g/mol. The minimum atomic E-state index is -1.26. The fourth-order valence-corrected chi connectivity index (χ4v) is 14.9. The fourth-order valence-electron chi connectivity index (χ4n) is 14.9. The summed E-state index contributed by atoms with van der Waals surface area (Å²) < 4.78 is 25.7. The Bertz CT molecular complexity index is 1400. The number of fused-ring (bicyclic) bond motifs is 4. The van der Waals surface area contributed by atoms with Crippen LogP contribution in [0.1, 0.15) is 120 Å². The number of ether oxygens (including phenoxy) is 4. The first-order chi connectivity index (χ1) is 23.9. The van der Waals surface area contributed by atoms with Crippen LogP contribution in [0.3, 0.4) is 0 Å². The number of nitrogens with zero attached hydrogens (tertiary/aromatic N) is 1. The quantitative estimate of drug-likeness (QED) is 0.332. The van der Waals surface area contributed by atoms with Gasteiger partial charge in [-0.05, 0) is 123 Å². The Balaban J connectivity index is 1.01. The van der Waals surface area contributed by atoms with Crippen LogP contribution in [0.15, 0.2) is 0 Å². The van der Waals surface area contributed by atoms with E-state index in [-0.39, 0.29) is 69.4 Å². The maximum absolute atomic E-state index is 12.7. The Kier molecular flexibility index (Phi) is 8.70. The fraction of sp³-hybridized carbons (Fsp3) is 0.951. The standard InChI is InChI=1S/C41H66N2O8/c1-23-20-26(34(37(5,6)47)49-24(2)44)50-32-31(23)38(7)15-16-41-22-40(41)14-13-29(36(3,4)27(40)11-12-28(41)39(38,8)33(32)45)51-30-21-43(18-19-48-30)25-10-9-17-42-35(25)46/h23,25-34,45,47H,9-22H2,1-8H3,(H,42,46)/t23?,25?,26-,27+,28+,29+,30+,31?,32+,33+,34+,38-,39-,40-,41+/m1/s1. The van der Waals surface area contributed by atoms with E-state index < -0.39 is 29.9 Å². The van der Waals surface area contributed by atoms with E-state index in [9.17, 15) is 19.8 Å². The Morgan fingerprint density at radius 2 is 1.78 bits per heavy atom. The Morgan fingerprint density at radius 3 is 2.49 bits per heavy atom. The highest BCUT2D eigenvalue weighted by Gasteiger charge is 2.84. The molecule has 288 valence electrons. The summed E-state index contributed by atoms with van der Waals surface area (Å²) in [5.41, 5.74) is -1.16. The van der Waals surface area contributed by atoms with Crippen molar-refractivity contribution in [1.82, 2.24) is 10.2 Å². The lowest BCUT2D eigenvalue weighted by atomic mass is 9.41. The van der Waals surface area contributed by atoms with E-state index >= 15 is 0 Å². The maximum atomic E-state index is 12.7. The van der Waals surface area contributed by atoms with Gasteiger partial charge in [-0.2, -0.15) is 0 Å². The predicted molar refractivity (Wildman–Crippen MR) is 190 cm³/mol. The number of amides is 1. The number of nitrogens with one attached hydrogen (secondary N) is 1. The number of piperidine rings is 1. The molecule has 3 saturated heterocycles. The van der Waals surface area contributed by atoms with Gasteiger partial charge in [0.15, 0.2) is 12.4 Å². The highest BCUT2D eigenvalue weighted by atomic mass is 16.7. The summed E-state index contributed by atoms with van der Waals surface area (Å²) in [6, 6.07) is -0.0813. The Hall–Kier alpha value is -1.30. The molecule has 0 aromatic heterocycles. The zero-order valence-corrected chi connectivity index (χ0v) is 32.5. The first-order valence-corrected chi connectivity index (χ1v) is 20.4. The second kappa shape index (κ2) is 12.1. The van der Waals surface area contributed by atoms with E-state index in [0.717, 1.165) is 58.0 Å². The molecule has 2 spiro atoms. The molecule has 15 atom stereocenters. The minimum absolute atomic E-state index is 0.0157. The summed E-state index contributed by atoms with van der Waals surface area (Å²) in [5, 5.41) is 26.7. The number of aliphatic hydroxyl groups is 2.